The van der Waals surface area contributed by atoms with Gasteiger partial charge in [0.1, 0.15) is 6.10 Å². The highest BCUT2D eigenvalue weighted by Crippen LogP contribution is 2.42. The van der Waals surface area contributed by atoms with E-state index in [1.54, 1.807) is 0 Å². The minimum absolute atomic E-state index is 0.432. The third-order valence-electron chi connectivity index (χ3n) is 5.03. The molecule has 1 saturated heterocycles. The average molecular weight is 268 g/mol. The first-order valence-corrected chi connectivity index (χ1v) is 7.54. The molecule has 104 valence electrons. The van der Waals surface area contributed by atoms with Gasteiger partial charge in [-0.3, -0.25) is 0 Å². The van der Waals surface area contributed by atoms with Gasteiger partial charge in [0.15, 0.2) is 0 Å². The zero-order valence-corrected chi connectivity index (χ0v) is 11.9. The SMILES string of the molecule is CC1(C(O)c2ccc3c4c(cccc24)CC3)CCCO1. The third-order valence-corrected chi connectivity index (χ3v) is 5.03. The number of benzene rings is 2. The summed E-state index contributed by atoms with van der Waals surface area (Å²) in [5, 5.41) is 13.4. The molecule has 2 atom stereocenters. The molecule has 2 unspecified atom stereocenters. The lowest BCUT2D eigenvalue weighted by Gasteiger charge is -2.30. The third kappa shape index (κ3) is 1.65. The van der Waals surface area contributed by atoms with Crippen LogP contribution in [-0.4, -0.2) is 17.3 Å². The van der Waals surface area contributed by atoms with E-state index in [1.807, 2.05) is 6.92 Å². The Morgan fingerprint density at radius 2 is 1.95 bits per heavy atom. The molecule has 2 aromatic carbocycles. The van der Waals surface area contributed by atoms with Crippen molar-refractivity contribution in [1.82, 2.24) is 0 Å². The van der Waals surface area contributed by atoms with Crippen LogP contribution in [0.4, 0.5) is 0 Å². The van der Waals surface area contributed by atoms with Crippen LogP contribution in [0.25, 0.3) is 10.8 Å². The van der Waals surface area contributed by atoms with E-state index in [9.17, 15) is 5.11 Å². The fourth-order valence-electron chi connectivity index (χ4n) is 3.85. The predicted molar refractivity (Wildman–Crippen MR) is 79.9 cm³/mol. The quantitative estimate of drug-likeness (QED) is 0.902. The van der Waals surface area contributed by atoms with Crippen LogP contribution in [0.2, 0.25) is 0 Å². The summed E-state index contributed by atoms with van der Waals surface area (Å²) in [6, 6.07) is 10.8. The fourth-order valence-corrected chi connectivity index (χ4v) is 3.85. The van der Waals surface area contributed by atoms with Gasteiger partial charge in [0.25, 0.3) is 0 Å². The molecule has 0 bridgehead atoms. The molecule has 0 spiro atoms. The summed E-state index contributed by atoms with van der Waals surface area (Å²) in [5.74, 6) is 0. The summed E-state index contributed by atoms with van der Waals surface area (Å²) < 4.78 is 5.83. The first-order chi connectivity index (χ1) is 9.69. The highest BCUT2D eigenvalue weighted by atomic mass is 16.5. The summed E-state index contributed by atoms with van der Waals surface area (Å²) in [6.45, 7) is 2.79. The van der Waals surface area contributed by atoms with Crippen LogP contribution < -0.4 is 0 Å². The number of aliphatic hydroxyl groups is 1. The van der Waals surface area contributed by atoms with Crippen molar-refractivity contribution in [2.24, 2.45) is 0 Å². The Balaban J connectivity index is 1.89. The monoisotopic (exact) mass is 268 g/mol. The van der Waals surface area contributed by atoms with Crippen molar-refractivity contribution in [3.63, 3.8) is 0 Å². The molecular weight excluding hydrogens is 248 g/mol. The second-order valence-electron chi connectivity index (χ2n) is 6.32. The fraction of sp³-hybridized carbons (Fsp3) is 0.444. The van der Waals surface area contributed by atoms with Crippen LogP contribution in [0, 0.1) is 0 Å². The summed E-state index contributed by atoms with van der Waals surface area (Å²) in [5.41, 5.74) is 3.43. The maximum Gasteiger partial charge on any atom is 0.108 e. The Morgan fingerprint density at radius 3 is 2.70 bits per heavy atom. The van der Waals surface area contributed by atoms with Gasteiger partial charge < -0.3 is 9.84 Å². The van der Waals surface area contributed by atoms with Gasteiger partial charge >= 0.3 is 0 Å². The van der Waals surface area contributed by atoms with Crippen molar-refractivity contribution in [1.29, 1.82) is 0 Å². The van der Waals surface area contributed by atoms with E-state index < -0.39 is 11.7 Å². The minimum atomic E-state index is -0.546. The summed E-state index contributed by atoms with van der Waals surface area (Å²) in [7, 11) is 0. The largest absolute Gasteiger partial charge is 0.385 e. The van der Waals surface area contributed by atoms with Crippen molar-refractivity contribution in [3.05, 3.63) is 47.0 Å². The molecule has 1 aliphatic carbocycles. The van der Waals surface area contributed by atoms with Gasteiger partial charge in [-0.05, 0) is 60.1 Å². The molecule has 2 aromatic rings. The Bertz CT molecular complexity index is 658. The lowest BCUT2D eigenvalue weighted by molar-refractivity contribution is -0.0790. The molecule has 4 rings (SSSR count). The highest BCUT2D eigenvalue weighted by Gasteiger charge is 2.39. The number of hydrogen-bond donors (Lipinski definition) is 1. The minimum Gasteiger partial charge on any atom is -0.385 e. The molecule has 0 saturated carbocycles. The van der Waals surface area contributed by atoms with Crippen LogP contribution in [-0.2, 0) is 17.6 Å². The van der Waals surface area contributed by atoms with E-state index in [0.29, 0.717) is 0 Å². The van der Waals surface area contributed by atoms with Crippen molar-refractivity contribution in [2.45, 2.75) is 44.3 Å². The molecule has 2 nitrogen and oxygen atoms in total. The van der Waals surface area contributed by atoms with E-state index in [-0.39, 0.29) is 0 Å². The molecular formula is C18H20O2. The molecule has 1 heterocycles. The van der Waals surface area contributed by atoms with E-state index in [4.69, 9.17) is 4.74 Å². The molecule has 2 aliphatic rings. The topological polar surface area (TPSA) is 29.5 Å². The van der Waals surface area contributed by atoms with Crippen LogP contribution in [0.1, 0.15) is 42.6 Å². The normalized spacial score (nSPS) is 26.3. The number of ether oxygens (including phenoxy) is 1. The number of rotatable bonds is 2. The second kappa shape index (κ2) is 4.31. The zero-order valence-electron chi connectivity index (χ0n) is 11.9. The molecule has 2 heteroatoms. The van der Waals surface area contributed by atoms with Crippen molar-refractivity contribution in [2.75, 3.05) is 6.61 Å². The maximum absolute atomic E-state index is 10.9. The number of aliphatic hydroxyl groups excluding tert-OH is 1. The molecule has 0 amide bonds. The maximum atomic E-state index is 10.9. The first kappa shape index (κ1) is 12.4. The van der Waals surface area contributed by atoms with Gasteiger partial charge in [0.2, 0.25) is 0 Å². The van der Waals surface area contributed by atoms with Gasteiger partial charge in [-0.1, -0.05) is 30.3 Å². The van der Waals surface area contributed by atoms with Crippen LogP contribution in [0.5, 0.6) is 0 Å². The van der Waals surface area contributed by atoms with Crippen LogP contribution in [0.15, 0.2) is 30.3 Å². The zero-order chi connectivity index (χ0) is 13.7. The molecule has 1 N–H and O–H groups in total. The molecule has 20 heavy (non-hydrogen) atoms. The smallest absolute Gasteiger partial charge is 0.108 e. The molecule has 1 aliphatic heterocycles. The number of hydrogen-bond acceptors (Lipinski definition) is 2. The molecule has 1 fully saturated rings. The average Bonchev–Trinajstić information content (AvgIpc) is 3.08. The Kier molecular flexibility index (Phi) is 2.66. The number of aryl methyl sites for hydroxylation is 2. The Hall–Kier alpha value is -1.38. The van der Waals surface area contributed by atoms with E-state index in [1.165, 1.54) is 21.9 Å². The van der Waals surface area contributed by atoms with Crippen molar-refractivity contribution >= 4 is 10.8 Å². The Labute approximate surface area is 119 Å². The van der Waals surface area contributed by atoms with Crippen molar-refractivity contribution < 1.29 is 9.84 Å². The second-order valence-corrected chi connectivity index (χ2v) is 6.32. The van der Waals surface area contributed by atoms with Gasteiger partial charge in [-0.25, -0.2) is 0 Å². The highest BCUT2D eigenvalue weighted by molar-refractivity contribution is 5.93. The predicted octanol–water partition coefficient (Wildman–Crippen LogP) is 3.54. The Morgan fingerprint density at radius 1 is 1.15 bits per heavy atom. The van der Waals surface area contributed by atoms with Gasteiger partial charge in [0, 0.05) is 6.61 Å². The van der Waals surface area contributed by atoms with Crippen LogP contribution >= 0.6 is 0 Å². The van der Waals surface area contributed by atoms with E-state index in [0.717, 1.165) is 37.9 Å². The lowest BCUT2D eigenvalue weighted by atomic mass is 9.87. The lowest BCUT2D eigenvalue weighted by Crippen LogP contribution is -2.32. The first-order valence-electron chi connectivity index (χ1n) is 7.54. The molecule has 0 aromatic heterocycles. The summed E-state index contributed by atoms with van der Waals surface area (Å²) in [6.07, 6.45) is 3.67. The van der Waals surface area contributed by atoms with E-state index >= 15 is 0 Å². The summed E-state index contributed by atoms with van der Waals surface area (Å²) >= 11 is 0. The van der Waals surface area contributed by atoms with Gasteiger partial charge in [-0.15, -0.1) is 0 Å². The van der Waals surface area contributed by atoms with Gasteiger partial charge in [0.05, 0.1) is 5.60 Å². The van der Waals surface area contributed by atoms with Gasteiger partial charge in [-0.2, -0.15) is 0 Å². The van der Waals surface area contributed by atoms with Crippen LogP contribution in [0.3, 0.4) is 0 Å². The molecule has 0 radical (unpaired) electrons. The standard InChI is InChI=1S/C18H20O2/c1-18(10-3-11-20-18)17(19)15-9-8-13-7-6-12-4-2-5-14(15)16(12)13/h2,4-5,8-9,17,19H,3,6-7,10-11H2,1H3. The van der Waals surface area contributed by atoms with E-state index in [2.05, 4.69) is 30.3 Å². The summed E-state index contributed by atoms with van der Waals surface area (Å²) in [4.78, 5) is 0. The van der Waals surface area contributed by atoms with Crippen molar-refractivity contribution in [3.8, 4) is 0 Å².